The van der Waals surface area contributed by atoms with Gasteiger partial charge in [0, 0.05) is 62.1 Å². The molecule has 33 heavy (non-hydrogen) atoms. The fourth-order valence-electron chi connectivity index (χ4n) is 4.93. The topological polar surface area (TPSA) is 21.8 Å². The molecule has 0 aliphatic carbocycles. The van der Waals surface area contributed by atoms with Crippen molar-refractivity contribution in [1.82, 2.24) is 5.32 Å². The molecule has 3 aromatic rings. The first-order valence-corrected chi connectivity index (χ1v) is 12.9. The molecule has 5 rings (SSSR count). The van der Waals surface area contributed by atoms with Crippen molar-refractivity contribution in [3.8, 4) is 0 Å². The zero-order valence-electron chi connectivity index (χ0n) is 19.8. The van der Waals surface area contributed by atoms with Crippen molar-refractivity contribution in [2.24, 2.45) is 0 Å². The summed E-state index contributed by atoms with van der Waals surface area (Å²) in [4.78, 5) is 10.4. The monoisotopic (exact) mass is 458 g/mol. The van der Waals surface area contributed by atoms with Gasteiger partial charge in [-0.25, -0.2) is 0 Å². The summed E-state index contributed by atoms with van der Waals surface area (Å²) in [7, 11) is 0. The molecular formula is C28H34N4S. The summed E-state index contributed by atoms with van der Waals surface area (Å²) in [5, 5.41) is 3.47. The molecule has 3 aromatic carbocycles. The summed E-state index contributed by atoms with van der Waals surface area (Å²) in [6.45, 7) is 12.9. The Morgan fingerprint density at radius 2 is 1.15 bits per heavy atom. The van der Waals surface area contributed by atoms with Crippen LogP contribution in [0.25, 0.3) is 0 Å². The molecular weight excluding hydrogens is 424 g/mol. The lowest BCUT2D eigenvalue weighted by atomic mass is 10.1. The van der Waals surface area contributed by atoms with Crippen molar-refractivity contribution in [1.29, 1.82) is 0 Å². The third-order valence-corrected chi connectivity index (χ3v) is 7.96. The van der Waals surface area contributed by atoms with Crippen LogP contribution < -0.4 is 20.0 Å². The van der Waals surface area contributed by atoms with Crippen LogP contribution in [0.5, 0.6) is 0 Å². The molecule has 0 aromatic heterocycles. The molecule has 4 nitrogen and oxygen atoms in total. The number of nitrogens with zero attached hydrogens (tertiary/aromatic N) is 3. The number of aryl methyl sites for hydroxylation is 2. The van der Waals surface area contributed by atoms with Gasteiger partial charge in [-0.3, -0.25) is 0 Å². The second kappa shape index (κ2) is 10.1. The van der Waals surface area contributed by atoms with Crippen molar-refractivity contribution in [2.75, 3.05) is 67.1 Å². The standard InChI is InChI=1S/C28H34N4S/c1-22-11-12-27(23(2)21-22)33-28-10-6-5-9-26(28)32-19-17-31(18-20-32)25-8-4-3-7-24(25)30-15-13-29-14-16-30/h3-12,21,29H,13-20H2,1-2H3. The molecule has 0 spiro atoms. The number of hydrogen-bond acceptors (Lipinski definition) is 5. The second-order valence-electron chi connectivity index (χ2n) is 9.04. The SMILES string of the molecule is Cc1ccc(Sc2ccccc2N2CCN(c3ccccc3N3CCNCC3)CC2)c(C)c1. The number of anilines is 3. The van der Waals surface area contributed by atoms with Gasteiger partial charge in [0.05, 0.1) is 17.1 Å². The van der Waals surface area contributed by atoms with E-state index in [0.717, 1.165) is 52.4 Å². The number of hydrogen-bond donors (Lipinski definition) is 1. The van der Waals surface area contributed by atoms with Crippen LogP contribution in [0.4, 0.5) is 17.1 Å². The van der Waals surface area contributed by atoms with Gasteiger partial charge in [-0.1, -0.05) is 53.7 Å². The van der Waals surface area contributed by atoms with Crippen molar-refractivity contribution in [3.63, 3.8) is 0 Å². The fourth-order valence-corrected chi connectivity index (χ4v) is 5.97. The molecule has 0 unspecified atom stereocenters. The molecule has 2 aliphatic rings. The van der Waals surface area contributed by atoms with Crippen LogP contribution in [0, 0.1) is 13.8 Å². The summed E-state index contributed by atoms with van der Waals surface area (Å²) < 4.78 is 0. The Bertz CT molecular complexity index is 1080. The lowest BCUT2D eigenvalue weighted by molar-refractivity contribution is 0.587. The maximum Gasteiger partial charge on any atom is 0.0605 e. The predicted octanol–water partition coefficient (Wildman–Crippen LogP) is 5.19. The zero-order chi connectivity index (χ0) is 22.6. The number of nitrogens with one attached hydrogen (secondary N) is 1. The number of rotatable bonds is 5. The van der Waals surface area contributed by atoms with E-state index in [-0.39, 0.29) is 0 Å². The molecule has 0 saturated carbocycles. The first kappa shape index (κ1) is 22.2. The van der Waals surface area contributed by atoms with Gasteiger partial charge < -0.3 is 20.0 Å². The predicted molar refractivity (Wildman–Crippen MR) is 142 cm³/mol. The van der Waals surface area contributed by atoms with Crippen LogP contribution >= 0.6 is 11.8 Å². The lowest BCUT2D eigenvalue weighted by Gasteiger charge is -2.40. The maximum atomic E-state index is 3.47. The Balaban J connectivity index is 1.31. The van der Waals surface area contributed by atoms with E-state index in [4.69, 9.17) is 0 Å². The Hall–Kier alpha value is -2.63. The normalized spacial score (nSPS) is 16.8. The van der Waals surface area contributed by atoms with Crippen LogP contribution in [0.15, 0.2) is 76.5 Å². The first-order valence-electron chi connectivity index (χ1n) is 12.1. The summed E-state index contributed by atoms with van der Waals surface area (Å²) in [6, 6.07) is 24.6. The van der Waals surface area contributed by atoms with Crippen molar-refractivity contribution in [2.45, 2.75) is 23.6 Å². The van der Waals surface area contributed by atoms with Gasteiger partial charge >= 0.3 is 0 Å². The average Bonchev–Trinajstić information content (AvgIpc) is 2.87. The van der Waals surface area contributed by atoms with E-state index in [1.54, 1.807) is 0 Å². The van der Waals surface area contributed by atoms with Gasteiger partial charge in [-0.15, -0.1) is 0 Å². The summed E-state index contributed by atoms with van der Waals surface area (Å²) in [5.41, 5.74) is 6.80. The summed E-state index contributed by atoms with van der Waals surface area (Å²) in [5.74, 6) is 0. The largest absolute Gasteiger partial charge is 0.367 e. The Morgan fingerprint density at radius 1 is 0.606 bits per heavy atom. The third kappa shape index (κ3) is 4.99. The van der Waals surface area contributed by atoms with Gasteiger partial charge in [0.1, 0.15) is 0 Å². The molecule has 2 fully saturated rings. The van der Waals surface area contributed by atoms with E-state index < -0.39 is 0 Å². The quantitative estimate of drug-likeness (QED) is 0.566. The molecule has 0 radical (unpaired) electrons. The van der Waals surface area contributed by atoms with Gasteiger partial charge in [-0.05, 0) is 49.7 Å². The molecule has 172 valence electrons. The minimum absolute atomic E-state index is 1.04. The van der Waals surface area contributed by atoms with E-state index in [0.29, 0.717) is 0 Å². The van der Waals surface area contributed by atoms with E-state index >= 15 is 0 Å². The van der Waals surface area contributed by atoms with E-state index in [1.807, 2.05) is 11.8 Å². The van der Waals surface area contributed by atoms with Crippen LogP contribution in [0.2, 0.25) is 0 Å². The molecule has 0 bridgehead atoms. The Labute approximate surface area is 202 Å². The van der Waals surface area contributed by atoms with Crippen molar-refractivity contribution >= 4 is 28.8 Å². The van der Waals surface area contributed by atoms with Gasteiger partial charge in [-0.2, -0.15) is 0 Å². The summed E-state index contributed by atoms with van der Waals surface area (Å²) >= 11 is 1.89. The molecule has 5 heteroatoms. The van der Waals surface area contributed by atoms with E-state index in [9.17, 15) is 0 Å². The van der Waals surface area contributed by atoms with Gasteiger partial charge in [0.15, 0.2) is 0 Å². The number of para-hydroxylation sites is 3. The second-order valence-corrected chi connectivity index (χ2v) is 10.1. The zero-order valence-corrected chi connectivity index (χ0v) is 20.6. The number of benzene rings is 3. The Kier molecular flexibility index (Phi) is 6.79. The third-order valence-electron chi connectivity index (χ3n) is 6.72. The Morgan fingerprint density at radius 3 is 1.79 bits per heavy atom. The van der Waals surface area contributed by atoms with Crippen molar-refractivity contribution < 1.29 is 0 Å². The van der Waals surface area contributed by atoms with E-state index in [2.05, 4.69) is 101 Å². The minimum Gasteiger partial charge on any atom is -0.367 e. The summed E-state index contributed by atoms with van der Waals surface area (Å²) in [6.07, 6.45) is 0. The van der Waals surface area contributed by atoms with Gasteiger partial charge in [0.2, 0.25) is 0 Å². The minimum atomic E-state index is 1.04. The first-order chi connectivity index (χ1) is 16.2. The average molecular weight is 459 g/mol. The fraction of sp³-hybridized carbons (Fsp3) is 0.357. The molecule has 0 amide bonds. The molecule has 2 saturated heterocycles. The van der Waals surface area contributed by atoms with Crippen LogP contribution in [-0.4, -0.2) is 52.4 Å². The maximum absolute atomic E-state index is 3.47. The van der Waals surface area contributed by atoms with Crippen LogP contribution in [-0.2, 0) is 0 Å². The smallest absolute Gasteiger partial charge is 0.0605 e. The van der Waals surface area contributed by atoms with Crippen LogP contribution in [0.1, 0.15) is 11.1 Å². The highest BCUT2D eigenvalue weighted by molar-refractivity contribution is 7.99. The highest BCUT2D eigenvalue weighted by Gasteiger charge is 2.23. The number of piperazine rings is 2. The molecule has 2 heterocycles. The highest BCUT2D eigenvalue weighted by atomic mass is 32.2. The van der Waals surface area contributed by atoms with Crippen molar-refractivity contribution in [3.05, 3.63) is 77.9 Å². The van der Waals surface area contributed by atoms with Crippen LogP contribution in [0.3, 0.4) is 0 Å². The van der Waals surface area contributed by atoms with E-state index in [1.165, 1.54) is 38.0 Å². The van der Waals surface area contributed by atoms with Gasteiger partial charge in [0.25, 0.3) is 0 Å². The molecule has 0 atom stereocenters. The lowest BCUT2D eigenvalue weighted by Crippen LogP contribution is -2.48. The highest BCUT2D eigenvalue weighted by Crippen LogP contribution is 2.38. The molecule has 2 aliphatic heterocycles. The molecule has 1 N–H and O–H groups in total.